The molecule has 1 aliphatic heterocycles. The topological polar surface area (TPSA) is 115 Å². The van der Waals surface area contributed by atoms with E-state index in [-0.39, 0.29) is 17.0 Å². The molecule has 0 saturated heterocycles. The number of hydrogen-bond donors (Lipinski definition) is 2. The second kappa shape index (κ2) is 8.08. The van der Waals surface area contributed by atoms with Gasteiger partial charge in [0.15, 0.2) is 0 Å². The molecule has 0 saturated carbocycles. The highest BCUT2D eigenvalue weighted by Crippen LogP contribution is 2.36. The van der Waals surface area contributed by atoms with Gasteiger partial charge in [-0.25, -0.2) is 0 Å². The number of thiazole rings is 1. The Kier molecular flexibility index (Phi) is 5.46. The lowest BCUT2D eigenvalue weighted by Gasteiger charge is -2.24. The van der Waals surface area contributed by atoms with E-state index in [9.17, 15) is 14.9 Å². The maximum Gasteiger partial charge on any atom is 0.274 e. The lowest BCUT2D eigenvalue weighted by atomic mass is 9.83. The maximum absolute atomic E-state index is 13.1. The molecule has 1 atom stereocenters. The molecule has 1 amide bonds. The van der Waals surface area contributed by atoms with E-state index in [0.717, 1.165) is 16.9 Å². The molecule has 1 aromatic heterocycles. The SMILES string of the molecule is N#CC1=C(N)n2c(sc(=Cc3ccc(Cl)cc3)c2=O)=C(C(N)=O)C1c1ccc(Cl)cc1. The number of nitrogens with two attached hydrogens (primary N) is 2. The molecule has 154 valence electrons. The molecule has 0 bridgehead atoms. The zero-order chi connectivity index (χ0) is 22.3. The van der Waals surface area contributed by atoms with Gasteiger partial charge in [0, 0.05) is 10.0 Å². The van der Waals surface area contributed by atoms with Crippen LogP contribution in [0.15, 0.2) is 58.9 Å². The summed E-state index contributed by atoms with van der Waals surface area (Å²) in [6.07, 6.45) is 1.67. The average Bonchev–Trinajstić information content (AvgIpc) is 3.06. The number of amides is 1. The Balaban J connectivity index is 2.07. The normalized spacial score (nSPS) is 16.2. The van der Waals surface area contributed by atoms with E-state index in [1.165, 1.54) is 4.57 Å². The Morgan fingerprint density at radius 2 is 1.68 bits per heavy atom. The molecular formula is C22H14Cl2N4O2S. The minimum Gasteiger partial charge on any atom is -0.384 e. The first-order valence-electron chi connectivity index (χ1n) is 9.00. The second-order valence-electron chi connectivity index (χ2n) is 6.78. The Bertz CT molecular complexity index is 1460. The quantitative estimate of drug-likeness (QED) is 0.612. The number of fused-ring (bicyclic) bond motifs is 1. The molecule has 1 aliphatic rings. The van der Waals surface area contributed by atoms with Crippen LogP contribution in [-0.4, -0.2) is 10.5 Å². The fraction of sp³-hybridized carbons (Fsp3) is 0.0455. The van der Waals surface area contributed by atoms with Gasteiger partial charge in [0.05, 0.1) is 27.7 Å². The van der Waals surface area contributed by atoms with E-state index in [2.05, 4.69) is 0 Å². The number of nitriles is 1. The predicted molar refractivity (Wildman–Crippen MR) is 123 cm³/mol. The zero-order valence-electron chi connectivity index (χ0n) is 15.8. The molecule has 2 aromatic carbocycles. The smallest absolute Gasteiger partial charge is 0.274 e. The first-order chi connectivity index (χ1) is 14.8. The van der Waals surface area contributed by atoms with Crippen molar-refractivity contribution in [1.82, 2.24) is 4.57 Å². The Morgan fingerprint density at radius 1 is 1.10 bits per heavy atom. The van der Waals surface area contributed by atoms with Crippen molar-refractivity contribution in [2.75, 3.05) is 0 Å². The first-order valence-corrected chi connectivity index (χ1v) is 10.6. The molecule has 1 unspecified atom stereocenters. The minimum atomic E-state index is -0.804. The summed E-state index contributed by atoms with van der Waals surface area (Å²) in [4.78, 5) is 25.6. The summed E-state index contributed by atoms with van der Waals surface area (Å²) in [5.74, 6) is -1.58. The molecule has 0 fully saturated rings. The van der Waals surface area contributed by atoms with Crippen molar-refractivity contribution in [2.45, 2.75) is 5.92 Å². The van der Waals surface area contributed by atoms with Crippen molar-refractivity contribution in [2.24, 2.45) is 11.5 Å². The molecule has 31 heavy (non-hydrogen) atoms. The van der Waals surface area contributed by atoms with Crippen molar-refractivity contribution >= 4 is 57.9 Å². The largest absolute Gasteiger partial charge is 0.384 e. The van der Waals surface area contributed by atoms with E-state index in [1.54, 1.807) is 54.6 Å². The number of rotatable bonds is 3. The Morgan fingerprint density at radius 3 is 2.23 bits per heavy atom. The van der Waals surface area contributed by atoms with Gasteiger partial charge in [0.2, 0.25) is 5.91 Å². The molecule has 3 aromatic rings. The summed E-state index contributed by atoms with van der Waals surface area (Å²) in [5, 5.41) is 10.9. The van der Waals surface area contributed by atoms with Crippen LogP contribution in [0.3, 0.4) is 0 Å². The zero-order valence-corrected chi connectivity index (χ0v) is 18.1. The number of nitrogens with zero attached hydrogens (tertiary/aromatic N) is 2. The van der Waals surface area contributed by atoms with E-state index >= 15 is 0 Å². The second-order valence-corrected chi connectivity index (χ2v) is 8.68. The number of primary amides is 1. The molecule has 0 radical (unpaired) electrons. The van der Waals surface area contributed by atoms with Gasteiger partial charge in [-0.1, -0.05) is 47.5 Å². The van der Waals surface area contributed by atoms with Gasteiger partial charge < -0.3 is 11.5 Å². The van der Waals surface area contributed by atoms with Crippen molar-refractivity contribution in [3.8, 4) is 6.07 Å². The van der Waals surface area contributed by atoms with Crippen molar-refractivity contribution in [3.63, 3.8) is 0 Å². The summed E-state index contributed by atoms with van der Waals surface area (Å²) >= 11 is 13.0. The number of aromatic nitrogens is 1. The molecule has 0 aliphatic carbocycles. The van der Waals surface area contributed by atoms with Gasteiger partial charge in [-0.3, -0.25) is 14.2 Å². The maximum atomic E-state index is 13.1. The molecule has 2 heterocycles. The first kappa shape index (κ1) is 20.9. The van der Waals surface area contributed by atoms with Crippen LogP contribution < -0.4 is 26.2 Å². The van der Waals surface area contributed by atoms with Crippen LogP contribution in [0.4, 0.5) is 0 Å². The lowest BCUT2D eigenvalue weighted by Crippen LogP contribution is -2.41. The Labute approximate surface area is 190 Å². The number of allylic oxidation sites excluding steroid dienone is 1. The highest BCUT2D eigenvalue weighted by atomic mass is 35.5. The molecule has 9 heteroatoms. The third kappa shape index (κ3) is 3.66. The van der Waals surface area contributed by atoms with Gasteiger partial charge in [0.25, 0.3) is 5.56 Å². The van der Waals surface area contributed by atoms with Crippen LogP contribution in [-0.2, 0) is 4.79 Å². The van der Waals surface area contributed by atoms with E-state index in [1.807, 2.05) is 6.07 Å². The number of halogens is 2. The van der Waals surface area contributed by atoms with Crippen LogP contribution in [0.1, 0.15) is 17.0 Å². The molecule has 0 spiro atoms. The standard InChI is InChI=1S/C22H14Cl2N4O2S/c23-13-5-1-11(2-6-13)9-16-21(30)28-19(26)15(10-25)17(12-3-7-14(24)8-4-12)18(20(27)29)22(28)31-16/h1-9,17H,26H2,(H2,27,29). The summed E-state index contributed by atoms with van der Waals surface area (Å²) in [6, 6.07) is 15.7. The highest BCUT2D eigenvalue weighted by Gasteiger charge is 2.34. The van der Waals surface area contributed by atoms with Crippen LogP contribution in [0.2, 0.25) is 10.0 Å². The number of hydrogen-bond acceptors (Lipinski definition) is 5. The predicted octanol–water partition coefficient (Wildman–Crippen LogP) is 2.13. The van der Waals surface area contributed by atoms with Gasteiger partial charge in [0.1, 0.15) is 10.5 Å². The van der Waals surface area contributed by atoms with Gasteiger partial charge in [-0.05, 0) is 41.5 Å². The number of carbonyl (C=O) groups is 1. The van der Waals surface area contributed by atoms with Crippen LogP contribution >= 0.6 is 34.5 Å². The fourth-order valence-electron chi connectivity index (χ4n) is 3.49. The molecule has 6 nitrogen and oxygen atoms in total. The lowest BCUT2D eigenvalue weighted by molar-refractivity contribution is -0.113. The van der Waals surface area contributed by atoms with E-state index in [4.69, 9.17) is 34.7 Å². The highest BCUT2D eigenvalue weighted by molar-refractivity contribution is 7.07. The van der Waals surface area contributed by atoms with Gasteiger partial charge in [-0.2, -0.15) is 5.26 Å². The van der Waals surface area contributed by atoms with E-state index < -0.39 is 17.4 Å². The summed E-state index contributed by atoms with van der Waals surface area (Å²) < 4.78 is 1.82. The van der Waals surface area contributed by atoms with Crippen molar-refractivity contribution < 1.29 is 4.79 Å². The van der Waals surface area contributed by atoms with Crippen molar-refractivity contribution in [3.05, 3.63) is 94.8 Å². The van der Waals surface area contributed by atoms with Crippen molar-refractivity contribution in [1.29, 1.82) is 5.26 Å². The van der Waals surface area contributed by atoms with Crippen LogP contribution in [0.5, 0.6) is 0 Å². The van der Waals surface area contributed by atoms with Gasteiger partial charge in [-0.15, -0.1) is 11.3 Å². The minimum absolute atomic E-state index is 0.0283. The number of carbonyl (C=O) groups excluding carboxylic acids is 1. The molecule has 4 rings (SSSR count). The summed E-state index contributed by atoms with van der Waals surface area (Å²) in [5.41, 5.74) is 13.1. The third-order valence-electron chi connectivity index (χ3n) is 4.91. The van der Waals surface area contributed by atoms with Gasteiger partial charge >= 0.3 is 0 Å². The fourth-order valence-corrected chi connectivity index (χ4v) is 4.92. The summed E-state index contributed by atoms with van der Waals surface area (Å²) in [6.45, 7) is 0. The van der Waals surface area contributed by atoms with Crippen LogP contribution in [0, 0.1) is 11.3 Å². The number of benzene rings is 2. The Hall–Kier alpha value is -3.31. The average molecular weight is 469 g/mol. The summed E-state index contributed by atoms with van der Waals surface area (Å²) in [7, 11) is 0. The molecular weight excluding hydrogens is 455 g/mol. The van der Waals surface area contributed by atoms with Crippen LogP contribution in [0.25, 0.3) is 17.5 Å². The van der Waals surface area contributed by atoms with E-state index in [0.29, 0.717) is 24.8 Å². The molecule has 4 N–H and O–H groups in total. The third-order valence-corrected chi connectivity index (χ3v) is 6.52. The monoisotopic (exact) mass is 468 g/mol.